The van der Waals surface area contributed by atoms with Gasteiger partial charge in [0.15, 0.2) is 0 Å². The van der Waals surface area contributed by atoms with Gasteiger partial charge < -0.3 is 15.5 Å². The Hall–Kier alpha value is -2.37. The van der Waals surface area contributed by atoms with Crippen molar-refractivity contribution < 1.29 is 24.6 Å². The van der Waals surface area contributed by atoms with Gasteiger partial charge in [-0.2, -0.15) is 0 Å². The highest BCUT2D eigenvalue weighted by molar-refractivity contribution is 5.96. The zero-order valence-corrected chi connectivity index (χ0v) is 11.8. The summed E-state index contributed by atoms with van der Waals surface area (Å²) in [5, 5.41) is 20.2. The van der Waals surface area contributed by atoms with Crippen LogP contribution in [-0.2, 0) is 20.8 Å². The van der Waals surface area contributed by atoms with Gasteiger partial charge in [0.2, 0.25) is 5.91 Å². The Labute approximate surface area is 122 Å². The Morgan fingerprint density at radius 2 is 1.76 bits per heavy atom. The molecule has 0 aliphatic rings. The van der Waals surface area contributed by atoms with Crippen molar-refractivity contribution in [2.45, 2.75) is 32.2 Å². The van der Waals surface area contributed by atoms with Gasteiger partial charge in [-0.05, 0) is 25.3 Å². The Kier molecular flexibility index (Phi) is 6.39. The number of amides is 1. The fraction of sp³-hybridized carbons (Fsp3) is 0.400. The summed E-state index contributed by atoms with van der Waals surface area (Å²) in [7, 11) is 0. The molecule has 114 valence electrons. The topological polar surface area (TPSA) is 104 Å². The highest BCUT2D eigenvalue weighted by Gasteiger charge is 2.23. The molecule has 0 saturated heterocycles. The van der Waals surface area contributed by atoms with E-state index in [0.29, 0.717) is 6.42 Å². The standard InChI is InChI=1S/C15H19NO5/c1-10(15(20)21)14(19)16-12(7-8-13(17)18)9-11-5-3-2-4-6-11/h2-6,10,12H,7-9H2,1H3,(H,16,19)(H,17,18)(H,20,21). The van der Waals surface area contributed by atoms with Gasteiger partial charge in [0.25, 0.3) is 0 Å². The largest absolute Gasteiger partial charge is 0.481 e. The molecular weight excluding hydrogens is 274 g/mol. The van der Waals surface area contributed by atoms with Crippen molar-refractivity contribution in [3.63, 3.8) is 0 Å². The molecule has 6 nitrogen and oxygen atoms in total. The Morgan fingerprint density at radius 3 is 2.29 bits per heavy atom. The molecule has 1 aromatic rings. The number of benzene rings is 1. The van der Waals surface area contributed by atoms with Gasteiger partial charge in [-0.25, -0.2) is 0 Å². The number of carboxylic acids is 2. The Morgan fingerprint density at radius 1 is 1.14 bits per heavy atom. The SMILES string of the molecule is CC(C(=O)O)C(=O)NC(CCC(=O)O)Cc1ccccc1. The highest BCUT2D eigenvalue weighted by Crippen LogP contribution is 2.09. The molecule has 3 N–H and O–H groups in total. The predicted octanol–water partition coefficient (Wildman–Crippen LogP) is 1.30. The van der Waals surface area contributed by atoms with Gasteiger partial charge >= 0.3 is 11.9 Å². The average molecular weight is 293 g/mol. The molecule has 1 aromatic carbocycles. The lowest BCUT2D eigenvalue weighted by molar-refractivity contribution is -0.146. The van der Waals surface area contributed by atoms with Gasteiger partial charge in [-0.3, -0.25) is 14.4 Å². The zero-order chi connectivity index (χ0) is 15.8. The highest BCUT2D eigenvalue weighted by atomic mass is 16.4. The summed E-state index contributed by atoms with van der Waals surface area (Å²) < 4.78 is 0. The summed E-state index contributed by atoms with van der Waals surface area (Å²) >= 11 is 0. The van der Waals surface area contributed by atoms with E-state index in [9.17, 15) is 14.4 Å². The lowest BCUT2D eigenvalue weighted by Crippen LogP contribution is -2.41. The van der Waals surface area contributed by atoms with Crippen molar-refractivity contribution >= 4 is 17.8 Å². The maximum Gasteiger partial charge on any atom is 0.315 e. The van der Waals surface area contributed by atoms with Gasteiger partial charge in [-0.1, -0.05) is 30.3 Å². The lowest BCUT2D eigenvalue weighted by atomic mass is 10.0. The van der Waals surface area contributed by atoms with Crippen LogP contribution in [0.25, 0.3) is 0 Å². The summed E-state index contributed by atoms with van der Waals surface area (Å²) in [5.41, 5.74) is 0.955. The molecule has 0 heterocycles. The monoisotopic (exact) mass is 293 g/mol. The minimum atomic E-state index is -1.20. The molecule has 2 atom stereocenters. The molecule has 0 aromatic heterocycles. The van der Waals surface area contributed by atoms with Crippen molar-refractivity contribution in [3.05, 3.63) is 35.9 Å². The van der Waals surface area contributed by atoms with Gasteiger partial charge in [-0.15, -0.1) is 0 Å². The van der Waals surface area contributed by atoms with E-state index in [1.54, 1.807) is 0 Å². The molecular formula is C15H19NO5. The van der Waals surface area contributed by atoms with Crippen molar-refractivity contribution in [1.29, 1.82) is 0 Å². The summed E-state index contributed by atoms with van der Waals surface area (Å²) in [5.74, 6) is -3.92. The number of carboxylic acid groups (broad SMARTS) is 2. The van der Waals surface area contributed by atoms with E-state index in [1.165, 1.54) is 6.92 Å². The lowest BCUT2D eigenvalue weighted by Gasteiger charge is -2.19. The molecule has 0 bridgehead atoms. The molecule has 2 unspecified atom stereocenters. The summed E-state index contributed by atoms with van der Waals surface area (Å²) in [4.78, 5) is 33.3. The smallest absolute Gasteiger partial charge is 0.315 e. The molecule has 21 heavy (non-hydrogen) atoms. The molecule has 6 heteroatoms. The fourth-order valence-corrected chi connectivity index (χ4v) is 1.86. The molecule has 0 aliphatic heterocycles. The van der Waals surface area contributed by atoms with Crippen molar-refractivity contribution in [2.24, 2.45) is 5.92 Å². The zero-order valence-electron chi connectivity index (χ0n) is 11.8. The second-order valence-electron chi connectivity index (χ2n) is 4.89. The van der Waals surface area contributed by atoms with E-state index < -0.39 is 29.8 Å². The van der Waals surface area contributed by atoms with E-state index in [0.717, 1.165) is 5.56 Å². The third-order valence-electron chi connectivity index (χ3n) is 3.14. The third-order valence-corrected chi connectivity index (χ3v) is 3.14. The quantitative estimate of drug-likeness (QED) is 0.627. The maximum atomic E-state index is 11.8. The molecule has 1 amide bonds. The first-order valence-electron chi connectivity index (χ1n) is 6.69. The van der Waals surface area contributed by atoms with Crippen LogP contribution in [0.2, 0.25) is 0 Å². The molecule has 0 radical (unpaired) electrons. The van der Waals surface area contributed by atoms with Crippen LogP contribution < -0.4 is 5.32 Å². The van der Waals surface area contributed by atoms with Crippen molar-refractivity contribution in [3.8, 4) is 0 Å². The Balaban J connectivity index is 2.70. The summed E-state index contributed by atoms with van der Waals surface area (Å²) in [6, 6.07) is 8.91. The van der Waals surface area contributed by atoms with Crippen LogP contribution in [0.5, 0.6) is 0 Å². The number of carbonyl (C=O) groups excluding carboxylic acids is 1. The first-order valence-corrected chi connectivity index (χ1v) is 6.69. The number of hydrogen-bond acceptors (Lipinski definition) is 3. The van der Waals surface area contributed by atoms with E-state index in [2.05, 4.69) is 5.32 Å². The molecule has 0 spiro atoms. The van der Waals surface area contributed by atoms with Crippen molar-refractivity contribution in [1.82, 2.24) is 5.32 Å². The van der Waals surface area contributed by atoms with E-state index >= 15 is 0 Å². The molecule has 0 fully saturated rings. The number of nitrogens with one attached hydrogen (secondary N) is 1. The predicted molar refractivity (Wildman–Crippen MR) is 75.7 cm³/mol. The van der Waals surface area contributed by atoms with Crippen LogP contribution >= 0.6 is 0 Å². The van der Waals surface area contributed by atoms with E-state index in [4.69, 9.17) is 10.2 Å². The Bertz CT molecular complexity index is 500. The van der Waals surface area contributed by atoms with Crippen LogP contribution in [0, 0.1) is 5.92 Å². The van der Waals surface area contributed by atoms with Crippen LogP contribution in [-0.4, -0.2) is 34.1 Å². The minimum absolute atomic E-state index is 0.0841. The molecule has 0 saturated carbocycles. The summed E-state index contributed by atoms with van der Waals surface area (Å²) in [6.45, 7) is 1.30. The first kappa shape index (κ1) is 16.7. The van der Waals surface area contributed by atoms with Crippen LogP contribution in [0.4, 0.5) is 0 Å². The first-order chi connectivity index (χ1) is 9.90. The fourth-order valence-electron chi connectivity index (χ4n) is 1.86. The molecule has 1 rings (SSSR count). The number of carbonyl (C=O) groups is 3. The third kappa shape index (κ3) is 6.07. The normalized spacial score (nSPS) is 13.2. The number of aliphatic carboxylic acids is 2. The van der Waals surface area contributed by atoms with E-state index in [1.807, 2.05) is 30.3 Å². The van der Waals surface area contributed by atoms with Gasteiger partial charge in [0.1, 0.15) is 5.92 Å². The second kappa shape index (κ2) is 8.04. The number of hydrogen-bond donors (Lipinski definition) is 3. The average Bonchev–Trinajstić information content (AvgIpc) is 2.44. The second-order valence-corrected chi connectivity index (χ2v) is 4.89. The molecule has 0 aliphatic carbocycles. The maximum absolute atomic E-state index is 11.8. The van der Waals surface area contributed by atoms with Gasteiger partial charge in [0.05, 0.1) is 0 Å². The number of rotatable bonds is 8. The van der Waals surface area contributed by atoms with Crippen LogP contribution in [0.1, 0.15) is 25.3 Å². The van der Waals surface area contributed by atoms with Crippen LogP contribution in [0.15, 0.2) is 30.3 Å². The van der Waals surface area contributed by atoms with Crippen LogP contribution in [0.3, 0.4) is 0 Å². The van der Waals surface area contributed by atoms with Gasteiger partial charge in [0, 0.05) is 12.5 Å². The minimum Gasteiger partial charge on any atom is -0.481 e. The summed E-state index contributed by atoms with van der Waals surface area (Å²) in [6.07, 6.45) is 0.633. The van der Waals surface area contributed by atoms with E-state index in [-0.39, 0.29) is 12.8 Å². The van der Waals surface area contributed by atoms with Crippen molar-refractivity contribution in [2.75, 3.05) is 0 Å².